The van der Waals surface area contributed by atoms with Crippen LogP contribution >= 0.6 is 0 Å². The fourth-order valence-electron chi connectivity index (χ4n) is 3.83. The average Bonchev–Trinajstić information content (AvgIpc) is 3.19. The third kappa shape index (κ3) is 5.22. The van der Waals surface area contributed by atoms with Crippen LogP contribution in [0.25, 0.3) is 11.3 Å². The number of aromatic nitrogens is 4. The quantitative estimate of drug-likeness (QED) is 0.552. The summed E-state index contributed by atoms with van der Waals surface area (Å²) in [6.07, 6.45) is 3.65. The van der Waals surface area contributed by atoms with Crippen LogP contribution in [0.3, 0.4) is 0 Å². The number of rotatable bonds is 7. The van der Waals surface area contributed by atoms with Crippen LogP contribution in [0.1, 0.15) is 35.6 Å². The van der Waals surface area contributed by atoms with Gasteiger partial charge in [0, 0.05) is 44.9 Å². The van der Waals surface area contributed by atoms with E-state index in [1.807, 2.05) is 13.0 Å². The van der Waals surface area contributed by atoms with E-state index < -0.39 is 0 Å². The normalized spacial score (nSPS) is 13.8. The highest BCUT2D eigenvalue weighted by Crippen LogP contribution is 2.21. The van der Waals surface area contributed by atoms with Crippen molar-refractivity contribution >= 4 is 17.5 Å². The predicted molar refractivity (Wildman–Crippen MR) is 122 cm³/mol. The first kappa shape index (κ1) is 21.7. The van der Waals surface area contributed by atoms with E-state index in [9.17, 15) is 9.18 Å². The van der Waals surface area contributed by atoms with Crippen molar-refractivity contribution in [3.8, 4) is 11.3 Å². The monoisotopic (exact) mass is 437 g/mol. The number of carbonyl (C=O) groups is 1. The number of amides is 1. The summed E-state index contributed by atoms with van der Waals surface area (Å²) < 4.78 is 14.7. The summed E-state index contributed by atoms with van der Waals surface area (Å²) in [5.74, 6) is 1.90. The molecule has 3 heterocycles. The molecule has 0 spiro atoms. The van der Waals surface area contributed by atoms with Gasteiger partial charge in [-0.15, -0.1) is 0 Å². The fraction of sp³-hybridized carbons (Fsp3) is 0.391. The highest BCUT2D eigenvalue weighted by atomic mass is 19.1. The number of hydrogen-bond acceptors (Lipinski definition) is 6. The van der Waals surface area contributed by atoms with E-state index in [1.165, 1.54) is 36.1 Å². The van der Waals surface area contributed by atoms with Crippen molar-refractivity contribution < 1.29 is 9.18 Å². The second kappa shape index (κ2) is 9.76. The summed E-state index contributed by atoms with van der Waals surface area (Å²) in [6, 6.07) is 9.71. The van der Waals surface area contributed by atoms with Gasteiger partial charge in [-0.2, -0.15) is 5.10 Å². The number of benzene rings is 1. The third-order valence-electron chi connectivity index (χ3n) is 5.47. The lowest BCUT2D eigenvalue weighted by Crippen LogP contribution is -2.31. The fourth-order valence-corrected chi connectivity index (χ4v) is 3.83. The van der Waals surface area contributed by atoms with E-state index in [1.54, 1.807) is 25.2 Å². The summed E-state index contributed by atoms with van der Waals surface area (Å²) >= 11 is 0. The molecule has 1 saturated heterocycles. The number of piperidine rings is 1. The van der Waals surface area contributed by atoms with E-state index in [0.717, 1.165) is 36.1 Å². The maximum absolute atomic E-state index is 13.1. The van der Waals surface area contributed by atoms with Crippen molar-refractivity contribution in [2.24, 2.45) is 7.05 Å². The van der Waals surface area contributed by atoms with Gasteiger partial charge in [0.05, 0.1) is 5.69 Å². The van der Waals surface area contributed by atoms with Crippen LogP contribution < -0.4 is 15.5 Å². The lowest BCUT2D eigenvalue weighted by molar-refractivity contribution is 0.0946. The number of anilines is 2. The van der Waals surface area contributed by atoms with Crippen molar-refractivity contribution in [1.29, 1.82) is 0 Å². The SMILES string of the molecule is Cc1nc(NCCNC(=O)c2cc(-c3ccc(F)cc3)nn2C)cc(N2CCCCC2)n1. The van der Waals surface area contributed by atoms with Gasteiger partial charge in [0.1, 0.15) is 29.0 Å². The van der Waals surface area contributed by atoms with Gasteiger partial charge in [0.25, 0.3) is 5.91 Å². The third-order valence-corrected chi connectivity index (χ3v) is 5.47. The maximum atomic E-state index is 13.1. The van der Waals surface area contributed by atoms with Crippen LogP contribution in [0.2, 0.25) is 0 Å². The summed E-state index contributed by atoms with van der Waals surface area (Å²) in [5.41, 5.74) is 1.82. The van der Waals surface area contributed by atoms with Crippen LogP contribution in [0.15, 0.2) is 36.4 Å². The lowest BCUT2D eigenvalue weighted by Gasteiger charge is -2.28. The van der Waals surface area contributed by atoms with Crippen molar-refractivity contribution in [3.63, 3.8) is 0 Å². The zero-order valence-electron chi connectivity index (χ0n) is 18.4. The molecular weight excluding hydrogens is 409 g/mol. The number of aryl methyl sites for hydroxylation is 2. The van der Waals surface area contributed by atoms with Crippen molar-refractivity contribution in [1.82, 2.24) is 25.1 Å². The Labute approximate surface area is 186 Å². The number of nitrogens with zero attached hydrogens (tertiary/aromatic N) is 5. The minimum absolute atomic E-state index is 0.219. The summed E-state index contributed by atoms with van der Waals surface area (Å²) in [4.78, 5) is 23.9. The first-order chi connectivity index (χ1) is 15.5. The van der Waals surface area contributed by atoms with Crippen molar-refractivity contribution in [2.75, 3.05) is 36.4 Å². The van der Waals surface area contributed by atoms with E-state index in [-0.39, 0.29) is 11.7 Å². The van der Waals surface area contributed by atoms with Gasteiger partial charge >= 0.3 is 0 Å². The molecule has 0 radical (unpaired) electrons. The Morgan fingerprint density at radius 1 is 1.06 bits per heavy atom. The first-order valence-corrected chi connectivity index (χ1v) is 10.9. The number of carbonyl (C=O) groups excluding carboxylic acids is 1. The smallest absolute Gasteiger partial charge is 0.269 e. The Hall–Kier alpha value is -3.49. The molecule has 8 nitrogen and oxygen atoms in total. The Morgan fingerprint density at radius 3 is 2.56 bits per heavy atom. The molecule has 1 aromatic carbocycles. The molecular formula is C23H28FN7O. The van der Waals surface area contributed by atoms with Gasteiger partial charge in [-0.3, -0.25) is 9.48 Å². The standard InChI is InChI=1S/C23H28FN7O/c1-16-27-21(15-22(28-16)31-12-4-3-5-13-31)25-10-11-26-23(32)20-14-19(29-30(20)2)17-6-8-18(24)9-7-17/h6-9,14-15H,3-5,10-13H2,1-2H3,(H,26,32)(H,25,27,28). The molecule has 1 fully saturated rings. The van der Waals surface area contributed by atoms with E-state index >= 15 is 0 Å². The van der Waals surface area contributed by atoms with Gasteiger partial charge in [-0.05, 0) is 56.5 Å². The molecule has 32 heavy (non-hydrogen) atoms. The summed E-state index contributed by atoms with van der Waals surface area (Å²) in [6.45, 7) is 4.90. The van der Waals surface area contributed by atoms with Gasteiger partial charge in [-0.1, -0.05) is 0 Å². The maximum Gasteiger partial charge on any atom is 0.269 e. The van der Waals surface area contributed by atoms with Crippen LogP contribution in [0, 0.1) is 12.7 Å². The summed E-state index contributed by atoms with van der Waals surface area (Å²) in [5, 5.41) is 10.5. The molecule has 0 unspecified atom stereocenters. The molecule has 1 aliphatic heterocycles. The highest BCUT2D eigenvalue weighted by molar-refractivity contribution is 5.93. The molecule has 0 saturated carbocycles. The van der Waals surface area contributed by atoms with Crippen molar-refractivity contribution in [3.05, 3.63) is 53.7 Å². The highest BCUT2D eigenvalue weighted by Gasteiger charge is 2.15. The number of hydrogen-bond donors (Lipinski definition) is 2. The van der Waals surface area contributed by atoms with E-state index in [2.05, 4.69) is 30.6 Å². The molecule has 0 atom stereocenters. The van der Waals surface area contributed by atoms with Gasteiger partial charge < -0.3 is 15.5 Å². The minimum Gasteiger partial charge on any atom is -0.368 e. The Bertz CT molecular complexity index is 1070. The van der Waals surface area contributed by atoms with Gasteiger partial charge in [0.15, 0.2) is 0 Å². The average molecular weight is 438 g/mol. The zero-order valence-corrected chi connectivity index (χ0v) is 18.4. The van der Waals surface area contributed by atoms with Gasteiger partial charge in [-0.25, -0.2) is 14.4 Å². The molecule has 4 rings (SSSR count). The summed E-state index contributed by atoms with van der Waals surface area (Å²) in [7, 11) is 1.71. The topological polar surface area (TPSA) is 88.0 Å². The molecule has 1 aliphatic rings. The Balaban J connectivity index is 1.32. The van der Waals surface area contributed by atoms with Crippen LogP contribution in [-0.4, -0.2) is 51.8 Å². The Morgan fingerprint density at radius 2 is 1.81 bits per heavy atom. The molecule has 2 N–H and O–H groups in total. The first-order valence-electron chi connectivity index (χ1n) is 10.9. The van der Waals surface area contributed by atoms with Crippen LogP contribution in [0.4, 0.5) is 16.0 Å². The number of halogens is 1. The molecule has 2 aromatic heterocycles. The zero-order chi connectivity index (χ0) is 22.5. The molecule has 1 amide bonds. The van der Waals surface area contributed by atoms with Crippen LogP contribution in [0.5, 0.6) is 0 Å². The predicted octanol–water partition coefficient (Wildman–Crippen LogP) is 3.16. The van der Waals surface area contributed by atoms with Crippen LogP contribution in [-0.2, 0) is 7.05 Å². The lowest BCUT2D eigenvalue weighted by atomic mass is 10.1. The second-order valence-corrected chi connectivity index (χ2v) is 7.93. The largest absolute Gasteiger partial charge is 0.368 e. The van der Waals surface area contributed by atoms with E-state index in [4.69, 9.17) is 0 Å². The molecule has 9 heteroatoms. The molecule has 0 aliphatic carbocycles. The van der Waals surface area contributed by atoms with E-state index in [0.29, 0.717) is 24.5 Å². The second-order valence-electron chi connectivity index (χ2n) is 7.93. The number of nitrogens with one attached hydrogen (secondary N) is 2. The Kier molecular flexibility index (Phi) is 6.63. The van der Waals surface area contributed by atoms with Gasteiger partial charge in [0.2, 0.25) is 0 Å². The molecule has 168 valence electrons. The molecule has 0 bridgehead atoms. The molecule has 3 aromatic rings. The minimum atomic E-state index is -0.308. The van der Waals surface area contributed by atoms with Crippen molar-refractivity contribution in [2.45, 2.75) is 26.2 Å².